The van der Waals surface area contributed by atoms with Crippen molar-refractivity contribution in [3.05, 3.63) is 65.5 Å². The lowest BCUT2D eigenvalue weighted by atomic mass is 10.1. The van der Waals surface area contributed by atoms with Crippen molar-refractivity contribution >= 4 is 27.5 Å². The van der Waals surface area contributed by atoms with Crippen LogP contribution >= 0.6 is 0 Å². The summed E-state index contributed by atoms with van der Waals surface area (Å²) in [5.41, 5.74) is 1.59. The van der Waals surface area contributed by atoms with Crippen LogP contribution < -0.4 is 9.62 Å². The molecule has 9 heteroatoms. The maximum atomic E-state index is 14.4. The number of benzene rings is 2. The van der Waals surface area contributed by atoms with E-state index in [9.17, 15) is 22.4 Å². The number of nitrogens with one attached hydrogen (secondary N) is 1. The Balaban J connectivity index is 2.41. The number of sulfonamides is 1. The SMILES string of the molecule is CCCCNC(=O)[C@@H](CC)N(Cc1cccc(C)c1)C(=O)CN(c1ccccc1F)S(C)(=O)=O. The van der Waals surface area contributed by atoms with Gasteiger partial charge in [-0.2, -0.15) is 0 Å². The van der Waals surface area contributed by atoms with E-state index in [0.717, 1.165) is 40.6 Å². The van der Waals surface area contributed by atoms with Crippen LogP contribution in [0.5, 0.6) is 0 Å². The Bertz CT molecular complexity index is 1090. The molecule has 1 atom stereocenters. The average molecular weight is 492 g/mol. The summed E-state index contributed by atoms with van der Waals surface area (Å²) in [4.78, 5) is 27.9. The number of nitrogens with zero attached hydrogens (tertiary/aromatic N) is 2. The number of aryl methyl sites for hydroxylation is 1. The minimum atomic E-state index is -3.97. The van der Waals surface area contributed by atoms with E-state index in [1.54, 1.807) is 6.92 Å². The molecule has 0 unspecified atom stereocenters. The van der Waals surface area contributed by atoms with Gasteiger partial charge >= 0.3 is 0 Å². The van der Waals surface area contributed by atoms with E-state index in [1.807, 2.05) is 38.1 Å². The molecule has 2 amide bonds. The van der Waals surface area contributed by atoms with Gasteiger partial charge in [0.2, 0.25) is 21.8 Å². The Hall–Kier alpha value is -2.94. The molecular weight excluding hydrogens is 457 g/mol. The van der Waals surface area contributed by atoms with Gasteiger partial charge in [-0.25, -0.2) is 12.8 Å². The van der Waals surface area contributed by atoms with Crippen molar-refractivity contribution in [1.29, 1.82) is 0 Å². The van der Waals surface area contributed by atoms with Crippen LogP contribution in [0.4, 0.5) is 10.1 Å². The highest BCUT2D eigenvalue weighted by atomic mass is 32.2. The van der Waals surface area contributed by atoms with Gasteiger partial charge in [-0.3, -0.25) is 13.9 Å². The van der Waals surface area contributed by atoms with Gasteiger partial charge in [0.05, 0.1) is 11.9 Å². The third-order valence-electron chi connectivity index (χ3n) is 5.45. The van der Waals surface area contributed by atoms with Crippen molar-refractivity contribution in [2.75, 3.05) is 23.7 Å². The van der Waals surface area contributed by atoms with Gasteiger partial charge in [0.1, 0.15) is 18.4 Å². The minimum Gasteiger partial charge on any atom is -0.354 e. The molecule has 0 spiro atoms. The van der Waals surface area contributed by atoms with Crippen LogP contribution in [0.15, 0.2) is 48.5 Å². The molecule has 186 valence electrons. The van der Waals surface area contributed by atoms with Gasteiger partial charge in [0.25, 0.3) is 0 Å². The second-order valence-corrected chi connectivity index (χ2v) is 10.2. The molecule has 0 aromatic heterocycles. The molecule has 0 saturated carbocycles. The molecule has 0 fully saturated rings. The number of unbranched alkanes of at least 4 members (excludes halogenated alkanes) is 1. The number of hydrogen-bond donors (Lipinski definition) is 1. The topological polar surface area (TPSA) is 86.8 Å². The van der Waals surface area contributed by atoms with Gasteiger partial charge in [0, 0.05) is 13.1 Å². The molecule has 2 aromatic carbocycles. The summed E-state index contributed by atoms with van der Waals surface area (Å²) in [5.74, 6) is -1.64. The smallest absolute Gasteiger partial charge is 0.244 e. The first-order chi connectivity index (χ1) is 16.1. The van der Waals surface area contributed by atoms with Crippen molar-refractivity contribution < 1.29 is 22.4 Å². The third-order valence-corrected chi connectivity index (χ3v) is 6.58. The number of carbonyl (C=O) groups is 2. The highest BCUT2D eigenvalue weighted by molar-refractivity contribution is 7.92. The zero-order valence-corrected chi connectivity index (χ0v) is 21.1. The summed E-state index contributed by atoms with van der Waals surface area (Å²) >= 11 is 0. The third kappa shape index (κ3) is 7.55. The first-order valence-corrected chi connectivity index (χ1v) is 13.3. The normalized spacial score (nSPS) is 12.1. The standard InChI is InChI=1S/C25H34FN3O4S/c1-5-7-15-27-25(31)22(6-2)28(17-20-12-10-11-19(3)16-20)24(30)18-29(34(4,32)33)23-14-9-8-13-21(23)26/h8-14,16,22H,5-7,15,17-18H2,1-4H3,(H,27,31)/t22-/m1/s1. The Morgan fingerprint density at radius 2 is 1.79 bits per heavy atom. The Labute approximate surface area is 202 Å². The summed E-state index contributed by atoms with van der Waals surface area (Å²) in [7, 11) is -3.97. The molecule has 0 radical (unpaired) electrons. The number of halogens is 1. The molecule has 34 heavy (non-hydrogen) atoms. The highest BCUT2D eigenvalue weighted by Gasteiger charge is 2.32. The highest BCUT2D eigenvalue weighted by Crippen LogP contribution is 2.22. The molecule has 7 nitrogen and oxygen atoms in total. The first kappa shape index (κ1) is 27.3. The fourth-order valence-corrected chi connectivity index (χ4v) is 4.53. The molecule has 0 heterocycles. The van der Waals surface area contributed by atoms with Crippen LogP contribution in [0.25, 0.3) is 0 Å². The maximum Gasteiger partial charge on any atom is 0.244 e. The lowest BCUT2D eigenvalue weighted by Crippen LogP contribution is -2.52. The molecule has 0 saturated heterocycles. The summed E-state index contributed by atoms with van der Waals surface area (Å²) < 4.78 is 40.2. The Morgan fingerprint density at radius 1 is 1.09 bits per heavy atom. The fraction of sp³-hybridized carbons (Fsp3) is 0.440. The lowest BCUT2D eigenvalue weighted by Gasteiger charge is -2.33. The van der Waals surface area contributed by atoms with Crippen LogP contribution in [0.2, 0.25) is 0 Å². The molecule has 0 bridgehead atoms. The van der Waals surface area contributed by atoms with Gasteiger partial charge in [-0.05, 0) is 37.5 Å². The van der Waals surface area contributed by atoms with Crippen LogP contribution in [0.3, 0.4) is 0 Å². The predicted molar refractivity (Wildman–Crippen MR) is 132 cm³/mol. The zero-order chi connectivity index (χ0) is 25.3. The number of para-hydroxylation sites is 1. The Kier molecular flexibility index (Phi) is 10.0. The summed E-state index contributed by atoms with van der Waals surface area (Å²) in [6.07, 6.45) is 2.98. The molecule has 2 aromatic rings. The molecule has 0 aliphatic carbocycles. The molecule has 0 aliphatic heterocycles. The number of hydrogen-bond acceptors (Lipinski definition) is 4. The number of carbonyl (C=O) groups excluding carboxylic acids is 2. The van der Waals surface area contributed by atoms with E-state index in [1.165, 1.54) is 23.1 Å². The average Bonchev–Trinajstić information content (AvgIpc) is 2.77. The lowest BCUT2D eigenvalue weighted by molar-refractivity contribution is -0.140. The maximum absolute atomic E-state index is 14.4. The first-order valence-electron chi connectivity index (χ1n) is 11.4. The second-order valence-electron chi connectivity index (χ2n) is 8.30. The minimum absolute atomic E-state index is 0.120. The van der Waals surface area contributed by atoms with Crippen molar-refractivity contribution in [3.8, 4) is 0 Å². The summed E-state index contributed by atoms with van der Waals surface area (Å²) in [5, 5.41) is 2.87. The van der Waals surface area contributed by atoms with Gasteiger partial charge < -0.3 is 10.2 Å². The van der Waals surface area contributed by atoms with Crippen molar-refractivity contribution in [2.24, 2.45) is 0 Å². The largest absolute Gasteiger partial charge is 0.354 e. The summed E-state index contributed by atoms with van der Waals surface area (Å²) in [6.45, 7) is 5.72. The van der Waals surface area contributed by atoms with Crippen LogP contribution in [0.1, 0.15) is 44.2 Å². The van der Waals surface area contributed by atoms with E-state index in [2.05, 4.69) is 5.32 Å². The molecule has 1 N–H and O–H groups in total. The van der Waals surface area contributed by atoms with E-state index < -0.39 is 34.3 Å². The number of rotatable bonds is 12. The Morgan fingerprint density at radius 3 is 2.38 bits per heavy atom. The number of amides is 2. The predicted octanol–water partition coefficient (Wildman–Crippen LogP) is 3.62. The molecular formula is C25H34FN3O4S. The summed E-state index contributed by atoms with van der Waals surface area (Å²) in [6, 6.07) is 12.1. The van der Waals surface area contributed by atoms with Crippen LogP contribution in [-0.4, -0.2) is 50.5 Å². The molecule has 2 rings (SSSR count). The van der Waals surface area contributed by atoms with Gasteiger partial charge in [0.15, 0.2) is 0 Å². The van der Waals surface area contributed by atoms with Crippen molar-refractivity contribution in [3.63, 3.8) is 0 Å². The zero-order valence-electron chi connectivity index (χ0n) is 20.3. The van der Waals surface area contributed by atoms with Crippen LogP contribution in [0, 0.1) is 12.7 Å². The van der Waals surface area contributed by atoms with Crippen molar-refractivity contribution in [2.45, 2.75) is 52.6 Å². The number of anilines is 1. The van der Waals surface area contributed by atoms with E-state index in [0.29, 0.717) is 13.0 Å². The van der Waals surface area contributed by atoms with E-state index in [-0.39, 0.29) is 18.1 Å². The van der Waals surface area contributed by atoms with Gasteiger partial charge in [-0.1, -0.05) is 62.2 Å². The van der Waals surface area contributed by atoms with Gasteiger partial charge in [-0.15, -0.1) is 0 Å². The van der Waals surface area contributed by atoms with Crippen molar-refractivity contribution in [1.82, 2.24) is 10.2 Å². The van der Waals surface area contributed by atoms with E-state index >= 15 is 0 Å². The monoisotopic (exact) mass is 491 g/mol. The van der Waals surface area contributed by atoms with Crippen LogP contribution in [-0.2, 0) is 26.2 Å². The second kappa shape index (κ2) is 12.5. The van der Waals surface area contributed by atoms with E-state index in [4.69, 9.17) is 0 Å². The molecule has 0 aliphatic rings. The quantitative estimate of drug-likeness (QED) is 0.460. The fourth-order valence-electron chi connectivity index (χ4n) is 3.68.